The normalized spacial score (nSPS) is 14.4. The average Bonchev–Trinajstić information content (AvgIpc) is 3.27. The van der Waals surface area contributed by atoms with Crippen LogP contribution in [0, 0.1) is 0 Å². The number of nitrogens with zero attached hydrogens (tertiary/aromatic N) is 5. The van der Waals surface area contributed by atoms with Crippen molar-refractivity contribution in [1.29, 1.82) is 0 Å². The smallest absolute Gasteiger partial charge is 0.245 e. The molecule has 2 aromatic heterocycles. The number of sulfonamides is 1. The van der Waals surface area contributed by atoms with E-state index in [0.29, 0.717) is 11.6 Å². The highest BCUT2D eigenvalue weighted by Gasteiger charge is 2.15. The molecule has 1 fully saturated rings. The van der Waals surface area contributed by atoms with E-state index in [4.69, 9.17) is 4.74 Å². The molecule has 3 heterocycles. The van der Waals surface area contributed by atoms with Crippen LogP contribution in [0.1, 0.15) is 0 Å². The van der Waals surface area contributed by atoms with E-state index in [-0.39, 0.29) is 0 Å². The van der Waals surface area contributed by atoms with Crippen molar-refractivity contribution in [2.24, 2.45) is 0 Å². The van der Waals surface area contributed by atoms with Crippen molar-refractivity contribution >= 4 is 38.6 Å². The zero-order valence-electron chi connectivity index (χ0n) is 19.0. The van der Waals surface area contributed by atoms with Gasteiger partial charge in [-0.3, -0.25) is 4.31 Å². The van der Waals surface area contributed by atoms with Gasteiger partial charge in [0.1, 0.15) is 0 Å². The molecule has 1 saturated heterocycles. The first-order chi connectivity index (χ1) is 16.4. The molecule has 0 atom stereocenters. The van der Waals surface area contributed by atoms with E-state index in [2.05, 4.69) is 32.4 Å². The van der Waals surface area contributed by atoms with Crippen LogP contribution >= 0.6 is 0 Å². The Labute approximate surface area is 198 Å². The van der Waals surface area contributed by atoms with Gasteiger partial charge in [-0.2, -0.15) is 0 Å². The van der Waals surface area contributed by atoms with E-state index in [0.717, 1.165) is 54.5 Å². The number of hydrogen-bond acceptors (Lipinski definition) is 7. The minimum absolute atomic E-state index is 0.466. The second-order valence-electron chi connectivity index (χ2n) is 8.19. The number of hydrogen-bond donors (Lipinski definition) is 1. The predicted octanol–water partition coefficient (Wildman–Crippen LogP) is 3.37. The lowest BCUT2D eigenvalue weighted by Crippen LogP contribution is -2.36. The van der Waals surface area contributed by atoms with E-state index >= 15 is 0 Å². The fourth-order valence-electron chi connectivity index (χ4n) is 3.94. The summed E-state index contributed by atoms with van der Waals surface area (Å²) in [6, 6.07) is 19.4. The Bertz CT molecular complexity index is 1410. The molecule has 1 aliphatic heterocycles. The fourth-order valence-corrected chi connectivity index (χ4v) is 4.43. The molecular formula is C24H26N6O3S. The molecule has 0 bridgehead atoms. The van der Waals surface area contributed by atoms with Crippen molar-refractivity contribution in [3.63, 3.8) is 0 Å². The molecule has 0 spiro atoms. The Kier molecular flexibility index (Phi) is 5.84. The van der Waals surface area contributed by atoms with Gasteiger partial charge in [0.2, 0.25) is 16.0 Å². The van der Waals surface area contributed by atoms with Crippen LogP contribution in [0.25, 0.3) is 16.8 Å². The third-order valence-corrected chi connectivity index (χ3v) is 7.11. The van der Waals surface area contributed by atoms with Gasteiger partial charge < -0.3 is 15.0 Å². The van der Waals surface area contributed by atoms with Crippen LogP contribution in [0.5, 0.6) is 0 Å². The summed E-state index contributed by atoms with van der Waals surface area (Å²) in [6.45, 7) is 3.29. The van der Waals surface area contributed by atoms with Gasteiger partial charge in [-0.05, 0) is 48.5 Å². The van der Waals surface area contributed by atoms with Gasteiger partial charge in [-0.15, -0.1) is 5.10 Å². The number of fused-ring (bicyclic) bond motifs is 1. The van der Waals surface area contributed by atoms with Crippen LogP contribution in [0.3, 0.4) is 0 Å². The maximum Gasteiger partial charge on any atom is 0.245 e. The lowest BCUT2D eigenvalue weighted by molar-refractivity contribution is 0.122. The SMILES string of the molecule is CN(c1cccc(-c2ccc3cnc(Nc4ccc(N5CCOCC5)cc4)nn23)c1)S(C)(=O)=O. The second kappa shape index (κ2) is 8.96. The van der Waals surface area contributed by atoms with Crippen LogP contribution in [-0.2, 0) is 14.8 Å². The van der Waals surface area contributed by atoms with E-state index in [1.807, 2.05) is 42.5 Å². The number of anilines is 4. The van der Waals surface area contributed by atoms with Crippen LogP contribution < -0.4 is 14.5 Å². The van der Waals surface area contributed by atoms with Gasteiger partial charge in [0.25, 0.3) is 0 Å². The molecule has 0 aliphatic carbocycles. The highest BCUT2D eigenvalue weighted by Crippen LogP contribution is 2.27. The maximum atomic E-state index is 12.0. The van der Waals surface area contributed by atoms with E-state index in [9.17, 15) is 8.42 Å². The van der Waals surface area contributed by atoms with Crippen LogP contribution in [0.15, 0.2) is 66.9 Å². The summed E-state index contributed by atoms with van der Waals surface area (Å²) in [4.78, 5) is 6.74. The summed E-state index contributed by atoms with van der Waals surface area (Å²) in [7, 11) is -1.81. The molecule has 10 heteroatoms. The molecular weight excluding hydrogens is 452 g/mol. The number of ether oxygens (including phenoxy) is 1. The van der Waals surface area contributed by atoms with E-state index in [1.54, 1.807) is 23.8 Å². The Morgan fingerprint density at radius 3 is 2.53 bits per heavy atom. The topological polar surface area (TPSA) is 92.1 Å². The third kappa shape index (κ3) is 4.55. The highest BCUT2D eigenvalue weighted by atomic mass is 32.2. The van der Waals surface area contributed by atoms with Crippen molar-refractivity contribution in [2.45, 2.75) is 0 Å². The second-order valence-corrected chi connectivity index (χ2v) is 10.2. The quantitative estimate of drug-likeness (QED) is 0.454. The molecule has 0 unspecified atom stereocenters. The molecule has 5 rings (SSSR count). The molecule has 0 saturated carbocycles. The van der Waals surface area contributed by atoms with E-state index in [1.165, 1.54) is 10.6 Å². The largest absolute Gasteiger partial charge is 0.378 e. The summed E-state index contributed by atoms with van der Waals surface area (Å²) in [5, 5.41) is 7.95. The fraction of sp³-hybridized carbons (Fsp3) is 0.250. The van der Waals surface area contributed by atoms with Crippen molar-refractivity contribution in [3.8, 4) is 11.3 Å². The van der Waals surface area contributed by atoms with Crippen molar-refractivity contribution < 1.29 is 13.2 Å². The van der Waals surface area contributed by atoms with Crippen molar-refractivity contribution in [3.05, 3.63) is 66.9 Å². The van der Waals surface area contributed by atoms with Gasteiger partial charge >= 0.3 is 0 Å². The van der Waals surface area contributed by atoms with Gasteiger partial charge in [0.05, 0.1) is 42.6 Å². The van der Waals surface area contributed by atoms with Gasteiger partial charge in [-0.25, -0.2) is 17.9 Å². The minimum Gasteiger partial charge on any atom is -0.378 e. The lowest BCUT2D eigenvalue weighted by atomic mass is 10.1. The molecule has 9 nitrogen and oxygen atoms in total. The van der Waals surface area contributed by atoms with Crippen LogP contribution in [0.4, 0.5) is 23.0 Å². The van der Waals surface area contributed by atoms with Crippen molar-refractivity contribution in [2.75, 3.05) is 54.1 Å². The minimum atomic E-state index is -3.35. The molecule has 2 aromatic carbocycles. The van der Waals surface area contributed by atoms with Gasteiger partial charge in [-0.1, -0.05) is 12.1 Å². The summed E-state index contributed by atoms with van der Waals surface area (Å²) in [5.41, 5.74) is 5.17. The zero-order chi connectivity index (χ0) is 23.7. The van der Waals surface area contributed by atoms with E-state index < -0.39 is 10.0 Å². The molecule has 34 heavy (non-hydrogen) atoms. The van der Waals surface area contributed by atoms with Gasteiger partial charge in [0, 0.05) is 37.1 Å². The third-order valence-electron chi connectivity index (χ3n) is 5.90. The number of rotatable bonds is 6. The molecule has 1 N–H and O–H groups in total. The summed E-state index contributed by atoms with van der Waals surface area (Å²) >= 11 is 0. The first-order valence-corrected chi connectivity index (χ1v) is 12.8. The zero-order valence-corrected chi connectivity index (χ0v) is 19.9. The summed E-state index contributed by atoms with van der Waals surface area (Å²) in [5.74, 6) is 0.466. The molecule has 1 aliphatic rings. The maximum absolute atomic E-state index is 12.0. The molecule has 0 amide bonds. The molecule has 176 valence electrons. The Morgan fingerprint density at radius 1 is 1.03 bits per heavy atom. The van der Waals surface area contributed by atoms with Crippen molar-refractivity contribution in [1.82, 2.24) is 14.6 Å². The lowest BCUT2D eigenvalue weighted by Gasteiger charge is -2.28. The first-order valence-electron chi connectivity index (χ1n) is 11.0. The first kappa shape index (κ1) is 22.2. The molecule has 4 aromatic rings. The Balaban J connectivity index is 1.40. The highest BCUT2D eigenvalue weighted by molar-refractivity contribution is 7.92. The summed E-state index contributed by atoms with van der Waals surface area (Å²) < 4.78 is 32.4. The number of morpholine rings is 1. The molecule has 0 radical (unpaired) electrons. The predicted molar refractivity (Wildman–Crippen MR) is 134 cm³/mol. The number of nitrogens with one attached hydrogen (secondary N) is 1. The van der Waals surface area contributed by atoms with Gasteiger partial charge in [0.15, 0.2) is 0 Å². The number of benzene rings is 2. The van der Waals surface area contributed by atoms with Crippen LogP contribution in [-0.4, -0.2) is 62.6 Å². The van der Waals surface area contributed by atoms with Crippen LogP contribution in [0.2, 0.25) is 0 Å². The standard InChI is InChI=1S/C24H26N6O3S/c1-28(34(2,31)32)21-5-3-4-18(16-21)23-11-10-22-17-25-24(27-30(22)23)26-19-6-8-20(9-7-19)29-12-14-33-15-13-29/h3-11,16-17H,12-15H2,1-2H3,(H,26,27). The average molecular weight is 479 g/mol. The Morgan fingerprint density at radius 2 is 1.79 bits per heavy atom. The summed E-state index contributed by atoms with van der Waals surface area (Å²) in [6.07, 6.45) is 2.94. The number of aromatic nitrogens is 3. The monoisotopic (exact) mass is 478 g/mol. The Hall–Kier alpha value is -3.63.